The van der Waals surface area contributed by atoms with Gasteiger partial charge in [0, 0.05) is 24.9 Å². The summed E-state index contributed by atoms with van der Waals surface area (Å²) < 4.78 is 5.51. The molecule has 1 aliphatic rings. The molecule has 2 N–H and O–H groups in total. The van der Waals surface area contributed by atoms with Crippen LogP contribution >= 0.6 is 0 Å². The summed E-state index contributed by atoms with van der Waals surface area (Å²) in [5, 5.41) is 2.94. The number of amides is 1. The Kier molecular flexibility index (Phi) is 3.83. The molecule has 1 amide bonds. The Bertz CT molecular complexity index is 571. The number of hydrogen-bond donors (Lipinski definition) is 2. The van der Waals surface area contributed by atoms with Crippen molar-refractivity contribution >= 4 is 5.91 Å². The van der Waals surface area contributed by atoms with Gasteiger partial charge in [0.15, 0.2) is 0 Å². The third kappa shape index (κ3) is 2.75. The number of hydrogen-bond acceptors (Lipinski definition) is 2. The van der Waals surface area contributed by atoms with E-state index < -0.39 is 0 Å². The Morgan fingerprint density at radius 3 is 2.90 bits per heavy atom. The summed E-state index contributed by atoms with van der Waals surface area (Å²) >= 11 is 0. The molecule has 1 aliphatic heterocycles. The maximum Gasteiger partial charge on any atom is 0.268 e. The number of aromatic amines is 1. The predicted octanol–water partition coefficient (Wildman–Crippen LogP) is 2.59. The van der Waals surface area contributed by atoms with E-state index in [4.69, 9.17) is 4.74 Å². The van der Waals surface area contributed by atoms with E-state index in [2.05, 4.69) is 10.3 Å². The summed E-state index contributed by atoms with van der Waals surface area (Å²) in [6.07, 6.45) is 4.06. The van der Waals surface area contributed by atoms with Crippen LogP contribution in [0.25, 0.3) is 11.1 Å². The number of benzene rings is 1. The van der Waals surface area contributed by atoms with Gasteiger partial charge in [0.05, 0.1) is 6.10 Å². The van der Waals surface area contributed by atoms with Crippen molar-refractivity contribution in [2.75, 3.05) is 13.2 Å². The highest BCUT2D eigenvalue weighted by atomic mass is 16.5. The third-order valence-corrected chi connectivity index (χ3v) is 3.57. The molecule has 0 radical (unpaired) electrons. The number of ether oxygens (including phenoxy) is 1. The van der Waals surface area contributed by atoms with Gasteiger partial charge in [0.1, 0.15) is 5.69 Å². The molecule has 20 heavy (non-hydrogen) atoms. The Morgan fingerprint density at radius 1 is 1.30 bits per heavy atom. The molecular formula is C16H18N2O2. The first-order valence-electron chi connectivity index (χ1n) is 6.97. The second-order valence-corrected chi connectivity index (χ2v) is 4.98. The molecule has 0 bridgehead atoms. The van der Waals surface area contributed by atoms with Crippen LogP contribution < -0.4 is 5.32 Å². The molecule has 3 rings (SSSR count). The summed E-state index contributed by atoms with van der Waals surface area (Å²) in [5.41, 5.74) is 2.57. The van der Waals surface area contributed by atoms with Crippen LogP contribution in [0, 0.1) is 0 Å². The van der Waals surface area contributed by atoms with Crippen LogP contribution in [0.3, 0.4) is 0 Å². The quantitative estimate of drug-likeness (QED) is 0.897. The van der Waals surface area contributed by atoms with Gasteiger partial charge in [-0.2, -0.15) is 0 Å². The minimum Gasteiger partial charge on any atom is -0.376 e. The van der Waals surface area contributed by atoms with Crippen molar-refractivity contribution in [3.8, 4) is 11.1 Å². The molecule has 1 saturated heterocycles. The molecule has 0 aliphatic carbocycles. The fourth-order valence-electron chi connectivity index (χ4n) is 2.52. The maximum atomic E-state index is 12.3. The largest absolute Gasteiger partial charge is 0.376 e. The van der Waals surface area contributed by atoms with Gasteiger partial charge in [-0.25, -0.2) is 0 Å². The van der Waals surface area contributed by atoms with Crippen LogP contribution in [0.2, 0.25) is 0 Å². The maximum absolute atomic E-state index is 12.3. The molecule has 0 saturated carbocycles. The third-order valence-electron chi connectivity index (χ3n) is 3.57. The highest BCUT2D eigenvalue weighted by Gasteiger charge is 2.18. The van der Waals surface area contributed by atoms with Crippen molar-refractivity contribution in [2.24, 2.45) is 0 Å². The number of carbonyl (C=O) groups excluding carboxylic acids is 1. The molecule has 1 atom stereocenters. The molecule has 2 heterocycles. The van der Waals surface area contributed by atoms with E-state index in [9.17, 15) is 4.79 Å². The topological polar surface area (TPSA) is 54.1 Å². The SMILES string of the molecule is O=C(NCC1CCCO1)c1[nH]ccc1-c1ccccc1. The number of nitrogens with one attached hydrogen (secondary N) is 2. The lowest BCUT2D eigenvalue weighted by Gasteiger charge is -2.11. The van der Waals surface area contributed by atoms with Crippen LogP contribution in [-0.2, 0) is 4.74 Å². The molecular weight excluding hydrogens is 252 g/mol. The van der Waals surface area contributed by atoms with Gasteiger partial charge in [-0.3, -0.25) is 4.79 Å². The number of aromatic nitrogens is 1. The summed E-state index contributed by atoms with van der Waals surface area (Å²) in [6, 6.07) is 11.8. The monoisotopic (exact) mass is 270 g/mol. The van der Waals surface area contributed by atoms with Crippen molar-refractivity contribution < 1.29 is 9.53 Å². The van der Waals surface area contributed by atoms with Gasteiger partial charge >= 0.3 is 0 Å². The molecule has 2 aromatic rings. The predicted molar refractivity (Wildman–Crippen MR) is 77.5 cm³/mol. The van der Waals surface area contributed by atoms with Gasteiger partial charge in [-0.15, -0.1) is 0 Å². The van der Waals surface area contributed by atoms with Crippen molar-refractivity contribution in [1.82, 2.24) is 10.3 Å². The first kappa shape index (κ1) is 12.9. The van der Waals surface area contributed by atoms with E-state index in [1.165, 1.54) is 0 Å². The average molecular weight is 270 g/mol. The van der Waals surface area contributed by atoms with Crippen molar-refractivity contribution in [3.63, 3.8) is 0 Å². The Morgan fingerprint density at radius 2 is 2.15 bits per heavy atom. The summed E-state index contributed by atoms with van der Waals surface area (Å²) in [7, 11) is 0. The first-order chi connectivity index (χ1) is 9.84. The van der Waals surface area contributed by atoms with E-state index in [1.54, 1.807) is 6.20 Å². The molecule has 1 aromatic heterocycles. The van der Waals surface area contributed by atoms with E-state index in [-0.39, 0.29) is 12.0 Å². The lowest BCUT2D eigenvalue weighted by Crippen LogP contribution is -2.32. The normalized spacial score (nSPS) is 18.1. The van der Waals surface area contributed by atoms with E-state index in [0.29, 0.717) is 12.2 Å². The van der Waals surface area contributed by atoms with Crippen molar-refractivity contribution in [1.29, 1.82) is 0 Å². The Hall–Kier alpha value is -2.07. The van der Waals surface area contributed by atoms with Gasteiger partial charge in [0.25, 0.3) is 5.91 Å². The fourth-order valence-corrected chi connectivity index (χ4v) is 2.52. The Balaban J connectivity index is 1.70. The number of carbonyl (C=O) groups is 1. The van der Waals surface area contributed by atoms with Gasteiger partial charge < -0.3 is 15.0 Å². The summed E-state index contributed by atoms with van der Waals surface area (Å²) in [6.45, 7) is 1.38. The van der Waals surface area contributed by atoms with Crippen LogP contribution in [-0.4, -0.2) is 30.1 Å². The van der Waals surface area contributed by atoms with Crippen molar-refractivity contribution in [2.45, 2.75) is 18.9 Å². The smallest absolute Gasteiger partial charge is 0.268 e. The molecule has 0 spiro atoms. The van der Waals surface area contributed by atoms with Gasteiger partial charge in [-0.05, 0) is 24.5 Å². The average Bonchev–Trinajstić information content (AvgIpc) is 3.17. The van der Waals surface area contributed by atoms with Crippen LogP contribution in [0.5, 0.6) is 0 Å². The van der Waals surface area contributed by atoms with E-state index in [1.807, 2.05) is 36.4 Å². The lowest BCUT2D eigenvalue weighted by atomic mass is 10.1. The van der Waals surface area contributed by atoms with E-state index in [0.717, 1.165) is 30.6 Å². The zero-order valence-corrected chi connectivity index (χ0v) is 11.3. The molecule has 1 fully saturated rings. The minimum absolute atomic E-state index is 0.0793. The Labute approximate surface area is 118 Å². The second kappa shape index (κ2) is 5.92. The zero-order valence-electron chi connectivity index (χ0n) is 11.3. The standard InChI is InChI=1S/C16H18N2O2/c19-16(18-11-13-7-4-10-20-13)15-14(8-9-17-15)12-5-2-1-3-6-12/h1-3,5-6,8-9,13,17H,4,7,10-11H2,(H,18,19). The number of H-pyrrole nitrogens is 1. The minimum atomic E-state index is -0.0793. The molecule has 1 unspecified atom stereocenters. The highest BCUT2D eigenvalue weighted by molar-refractivity contribution is 5.99. The lowest BCUT2D eigenvalue weighted by molar-refractivity contribution is 0.0855. The van der Waals surface area contributed by atoms with Crippen molar-refractivity contribution in [3.05, 3.63) is 48.3 Å². The molecule has 104 valence electrons. The van der Waals surface area contributed by atoms with E-state index >= 15 is 0 Å². The van der Waals surface area contributed by atoms with Gasteiger partial charge in [0.2, 0.25) is 0 Å². The molecule has 1 aromatic carbocycles. The number of rotatable bonds is 4. The van der Waals surface area contributed by atoms with Crippen LogP contribution in [0.1, 0.15) is 23.3 Å². The highest BCUT2D eigenvalue weighted by Crippen LogP contribution is 2.22. The van der Waals surface area contributed by atoms with Crippen LogP contribution in [0.15, 0.2) is 42.6 Å². The van der Waals surface area contributed by atoms with Gasteiger partial charge in [-0.1, -0.05) is 30.3 Å². The van der Waals surface area contributed by atoms with Crippen LogP contribution in [0.4, 0.5) is 0 Å². The molecule has 4 heteroatoms. The fraction of sp³-hybridized carbons (Fsp3) is 0.312. The first-order valence-corrected chi connectivity index (χ1v) is 6.97. The molecule has 4 nitrogen and oxygen atoms in total. The zero-order chi connectivity index (χ0) is 13.8. The summed E-state index contributed by atoms with van der Waals surface area (Å²) in [4.78, 5) is 15.3. The summed E-state index contributed by atoms with van der Waals surface area (Å²) in [5.74, 6) is -0.0793. The second-order valence-electron chi connectivity index (χ2n) is 4.98.